The normalized spacial score (nSPS) is 10.6. The Labute approximate surface area is 122 Å². The van der Waals surface area contributed by atoms with Gasteiger partial charge in [0.25, 0.3) is 0 Å². The molecule has 19 heavy (non-hydrogen) atoms. The van der Waals surface area contributed by atoms with E-state index in [1.807, 2.05) is 25.1 Å². The number of carboxylic acids is 1. The number of rotatable bonds is 4. The molecule has 100 valence electrons. The van der Waals surface area contributed by atoms with Gasteiger partial charge in [0.1, 0.15) is 0 Å². The minimum Gasteiger partial charge on any atom is -0.481 e. The van der Waals surface area contributed by atoms with E-state index in [9.17, 15) is 4.79 Å². The van der Waals surface area contributed by atoms with Crippen LogP contribution in [0.1, 0.15) is 5.56 Å². The number of benzene rings is 1. The summed E-state index contributed by atoms with van der Waals surface area (Å²) in [6, 6.07) is 5.76. The quantitative estimate of drug-likeness (QED) is 0.826. The van der Waals surface area contributed by atoms with E-state index in [4.69, 9.17) is 10.8 Å². The van der Waals surface area contributed by atoms with E-state index < -0.39 is 5.97 Å². The van der Waals surface area contributed by atoms with E-state index in [0.717, 1.165) is 27.5 Å². The van der Waals surface area contributed by atoms with Gasteiger partial charge in [-0.1, -0.05) is 17.8 Å². The van der Waals surface area contributed by atoms with Crippen LogP contribution in [0, 0.1) is 6.92 Å². The molecular weight excluding hydrogens is 332 g/mol. The predicted octanol–water partition coefficient (Wildman–Crippen LogP) is 2.10. The van der Waals surface area contributed by atoms with Gasteiger partial charge in [-0.2, -0.15) is 0 Å². The number of halogens is 1. The van der Waals surface area contributed by atoms with E-state index in [1.54, 1.807) is 4.57 Å². The summed E-state index contributed by atoms with van der Waals surface area (Å²) < 4.78 is 2.47. The number of nitrogens with two attached hydrogens (primary N) is 1. The Balaban J connectivity index is 2.43. The minimum atomic E-state index is -0.916. The molecule has 1 aromatic carbocycles. The highest BCUT2D eigenvalue weighted by Gasteiger charge is 2.15. The van der Waals surface area contributed by atoms with Crippen LogP contribution in [0.3, 0.4) is 0 Å². The highest BCUT2D eigenvalue weighted by molar-refractivity contribution is 9.10. The molecule has 2 aromatic rings. The van der Waals surface area contributed by atoms with Gasteiger partial charge in [-0.25, -0.2) is 0 Å². The van der Waals surface area contributed by atoms with Crippen LogP contribution >= 0.6 is 27.7 Å². The summed E-state index contributed by atoms with van der Waals surface area (Å²) in [5, 5.41) is 16.8. The second-order valence-corrected chi connectivity index (χ2v) is 5.61. The fourth-order valence-electron chi connectivity index (χ4n) is 1.52. The third kappa shape index (κ3) is 3.07. The molecule has 2 rings (SSSR count). The lowest BCUT2D eigenvalue weighted by atomic mass is 10.2. The van der Waals surface area contributed by atoms with Crippen molar-refractivity contribution in [1.82, 2.24) is 14.8 Å². The second-order valence-electron chi connectivity index (χ2n) is 3.81. The van der Waals surface area contributed by atoms with Gasteiger partial charge in [-0.15, -0.1) is 10.2 Å². The van der Waals surface area contributed by atoms with Crippen molar-refractivity contribution in [1.29, 1.82) is 0 Å². The standard InChI is InChI=1S/C11H11BrN4O2S/c1-6-2-3-8(7(12)4-6)16-10(13)14-15-11(16)19-5-9(17)18/h2-4H,5H2,1H3,(H2,13,14)(H,17,18). The molecule has 0 aliphatic carbocycles. The first kappa shape index (κ1) is 13.9. The number of nitrogens with zero attached hydrogens (tertiary/aromatic N) is 3. The molecule has 0 aliphatic rings. The minimum absolute atomic E-state index is 0.0956. The zero-order chi connectivity index (χ0) is 14.0. The average molecular weight is 343 g/mol. The van der Waals surface area contributed by atoms with E-state index in [-0.39, 0.29) is 11.7 Å². The van der Waals surface area contributed by atoms with Gasteiger partial charge in [0, 0.05) is 4.47 Å². The van der Waals surface area contributed by atoms with Crippen molar-refractivity contribution in [2.24, 2.45) is 0 Å². The van der Waals surface area contributed by atoms with Gasteiger partial charge >= 0.3 is 5.97 Å². The monoisotopic (exact) mass is 342 g/mol. The van der Waals surface area contributed by atoms with Crippen molar-refractivity contribution in [3.63, 3.8) is 0 Å². The Kier molecular flexibility index (Phi) is 4.11. The number of nitrogen functional groups attached to an aromatic ring is 1. The van der Waals surface area contributed by atoms with Gasteiger partial charge in [-0.05, 0) is 40.5 Å². The van der Waals surface area contributed by atoms with Crippen LogP contribution in [0.15, 0.2) is 27.8 Å². The average Bonchev–Trinajstić information content (AvgIpc) is 2.68. The maximum absolute atomic E-state index is 10.6. The number of aliphatic carboxylic acids is 1. The number of anilines is 1. The molecule has 6 nitrogen and oxygen atoms in total. The molecule has 0 atom stereocenters. The molecule has 0 saturated heterocycles. The SMILES string of the molecule is Cc1ccc(-n2c(N)nnc2SCC(=O)O)c(Br)c1. The fraction of sp³-hybridized carbons (Fsp3) is 0.182. The van der Waals surface area contributed by atoms with Crippen molar-refractivity contribution < 1.29 is 9.90 Å². The summed E-state index contributed by atoms with van der Waals surface area (Å²) in [7, 11) is 0. The summed E-state index contributed by atoms with van der Waals surface area (Å²) in [4.78, 5) is 10.6. The molecule has 8 heteroatoms. The lowest BCUT2D eigenvalue weighted by Crippen LogP contribution is -2.05. The Morgan fingerprint density at radius 2 is 2.26 bits per heavy atom. The maximum atomic E-state index is 10.6. The van der Waals surface area contributed by atoms with Crippen LogP contribution in [0.2, 0.25) is 0 Å². The van der Waals surface area contributed by atoms with Gasteiger partial charge in [0.05, 0.1) is 11.4 Å². The van der Waals surface area contributed by atoms with Crippen LogP contribution in [-0.4, -0.2) is 31.6 Å². The van der Waals surface area contributed by atoms with Crippen molar-refractivity contribution in [3.8, 4) is 5.69 Å². The number of aryl methyl sites for hydroxylation is 1. The zero-order valence-corrected chi connectivity index (χ0v) is 12.4. The maximum Gasteiger partial charge on any atom is 0.313 e. The largest absolute Gasteiger partial charge is 0.481 e. The molecule has 0 spiro atoms. The van der Waals surface area contributed by atoms with Crippen molar-refractivity contribution in [2.45, 2.75) is 12.1 Å². The third-order valence-corrected chi connectivity index (χ3v) is 3.88. The molecular formula is C11H11BrN4O2S. The lowest BCUT2D eigenvalue weighted by Gasteiger charge is -2.10. The molecule has 0 aliphatic heterocycles. The zero-order valence-electron chi connectivity index (χ0n) is 10.00. The predicted molar refractivity (Wildman–Crippen MR) is 76.6 cm³/mol. The molecule has 3 N–H and O–H groups in total. The number of carboxylic acid groups (broad SMARTS) is 1. The third-order valence-electron chi connectivity index (χ3n) is 2.33. The van der Waals surface area contributed by atoms with Gasteiger partial charge < -0.3 is 10.8 Å². The van der Waals surface area contributed by atoms with Crippen molar-refractivity contribution in [3.05, 3.63) is 28.2 Å². The van der Waals surface area contributed by atoms with Crippen LogP contribution in [0.4, 0.5) is 5.95 Å². The molecule has 0 saturated carbocycles. The summed E-state index contributed by atoms with van der Waals surface area (Å²) >= 11 is 4.53. The molecule has 1 heterocycles. The Morgan fingerprint density at radius 3 is 2.89 bits per heavy atom. The van der Waals surface area contributed by atoms with E-state index in [1.165, 1.54) is 0 Å². The molecule has 0 bridgehead atoms. The molecule has 0 amide bonds. The smallest absolute Gasteiger partial charge is 0.313 e. The number of aromatic nitrogens is 3. The summed E-state index contributed by atoms with van der Waals surface area (Å²) in [5.41, 5.74) is 7.67. The van der Waals surface area contributed by atoms with Gasteiger partial charge in [-0.3, -0.25) is 9.36 Å². The molecule has 0 unspecified atom stereocenters. The van der Waals surface area contributed by atoms with Gasteiger partial charge in [0.15, 0.2) is 5.16 Å². The van der Waals surface area contributed by atoms with Gasteiger partial charge in [0.2, 0.25) is 5.95 Å². The van der Waals surface area contributed by atoms with E-state index >= 15 is 0 Å². The number of carbonyl (C=O) groups is 1. The van der Waals surface area contributed by atoms with Crippen LogP contribution < -0.4 is 5.73 Å². The Hall–Kier alpha value is -1.54. The Bertz CT molecular complexity index is 629. The lowest BCUT2D eigenvalue weighted by molar-refractivity contribution is -0.133. The number of hydrogen-bond acceptors (Lipinski definition) is 5. The number of hydrogen-bond donors (Lipinski definition) is 2. The van der Waals surface area contributed by atoms with E-state index in [0.29, 0.717) is 5.16 Å². The summed E-state index contributed by atoms with van der Waals surface area (Å²) in [6.45, 7) is 1.98. The Morgan fingerprint density at radius 1 is 1.53 bits per heavy atom. The van der Waals surface area contributed by atoms with Crippen LogP contribution in [0.5, 0.6) is 0 Å². The summed E-state index contributed by atoms with van der Waals surface area (Å²) in [6.07, 6.45) is 0. The van der Waals surface area contributed by atoms with Crippen LogP contribution in [-0.2, 0) is 4.79 Å². The summed E-state index contributed by atoms with van der Waals surface area (Å²) in [5.74, 6) is -0.791. The molecule has 0 radical (unpaired) electrons. The van der Waals surface area contributed by atoms with E-state index in [2.05, 4.69) is 26.1 Å². The molecule has 1 aromatic heterocycles. The first-order valence-corrected chi connectivity index (χ1v) is 7.09. The highest BCUT2D eigenvalue weighted by atomic mass is 79.9. The highest BCUT2D eigenvalue weighted by Crippen LogP contribution is 2.28. The topological polar surface area (TPSA) is 94.0 Å². The molecule has 0 fully saturated rings. The fourth-order valence-corrected chi connectivity index (χ4v) is 2.86. The first-order chi connectivity index (χ1) is 8.99. The van der Waals surface area contributed by atoms with Crippen molar-refractivity contribution >= 4 is 39.6 Å². The first-order valence-electron chi connectivity index (χ1n) is 5.31. The second kappa shape index (κ2) is 5.62. The van der Waals surface area contributed by atoms with Crippen LogP contribution in [0.25, 0.3) is 5.69 Å². The van der Waals surface area contributed by atoms with Crippen molar-refractivity contribution in [2.75, 3.05) is 11.5 Å². The number of thioether (sulfide) groups is 1.